The third-order valence-corrected chi connectivity index (χ3v) is 3.57. The highest BCUT2D eigenvalue weighted by Crippen LogP contribution is 2.23. The number of rotatable bonds is 4. The molecule has 1 atom stereocenters. The Morgan fingerprint density at radius 2 is 2.05 bits per heavy atom. The van der Waals surface area contributed by atoms with E-state index in [-0.39, 0.29) is 11.9 Å². The lowest BCUT2D eigenvalue weighted by atomic mass is 10.1. The fourth-order valence-corrected chi connectivity index (χ4v) is 2.28. The van der Waals surface area contributed by atoms with E-state index in [1.165, 1.54) is 0 Å². The molecule has 0 radical (unpaired) electrons. The van der Waals surface area contributed by atoms with Crippen LogP contribution in [0.2, 0.25) is 0 Å². The van der Waals surface area contributed by atoms with Gasteiger partial charge in [-0.05, 0) is 37.6 Å². The molecule has 0 aliphatic carbocycles. The van der Waals surface area contributed by atoms with Crippen LogP contribution in [0.3, 0.4) is 0 Å². The number of benzene rings is 1. The molecule has 0 spiro atoms. The van der Waals surface area contributed by atoms with Gasteiger partial charge in [0.2, 0.25) is 0 Å². The zero-order chi connectivity index (χ0) is 15.6. The smallest absolute Gasteiger partial charge is 0.253 e. The van der Waals surface area contributed by atoms with Gasteiger partial charge >= 0.3 is 0 Å². The van der Waals surface area contributed by atoms with Crippen molar-refractivity contribution in [2.45, 2.75) is 19.9 Å². The molecule has 1 aromatic carbocycles. The summed E-state index contributed by atoms with van der Waals surface area (Å²) in [7, 11) is 5.44. The number of carbonyl (C=O) groups is 1. The molecule has 0 aliphatic heterocycles. The van der Waals surface area contributed by atoms with E-state index in [9.17, 15) is 4.79 Å². The maximum absolute atomic E-state index is 12.1. The van der Waals surface area contributed by atoms with Gasteiger partial charge < -0.3 is 10.2 Å². The Kier molecular flexibility index (Phi) is 4.31. The van der Waals surface area contributed by atoms with Gasteiger partial charge in [-0.25, -0.2) is 0 Å². The number of hydrogen-bond donors (Lipinski definition) is 1. The van der Waals surface area contributed by atoms with Crippen LogP contribution in [0.25, 0.3) is 0 Å². The molecule has 2 rings (SSSR count). The lowest BCUT2D eigenvalue weighted by Gasteiger charge is -2.19. The average Bonchev–Trinajstić information content (AvgIpc) is 2.86. The van der Waals surface area contributed by atoms with Crippen molar-refractivity contribution < 1.29 is 4.79 Å². The van der Waals surface area contributed by atoms with E-state index in [0.717, 1.165) is 16.9 Å². The second kappa shape index (κ2) is 5.99. The average molecular weight is 286 g/mol. The maximum Gasteiger partial charge on any atom is 0.253 e. The predicted molar refractivity (Wildman–Crippen MR) is 84.4 cm³/mol. The van der Waals surface area contributed by atoms with Gasteiger partial charge in [0.05, 0.1) is 11.7 Å². The van der Waals surface area contributed by atoms with Gasteiger partial charge in [0.25, 0.3) is 5.91 Å². The molecule has 1 aromatic heterocycles. The summed E-state index contributed by atoms with van der Waals surface area (Å²) in [6.45, 7) is 4.11. The molecule has 21 heavy (non-hydrogen) atoms. The molecule has 0 bridgehead atoms. The molecule has 0 saturated carbocycles. The molecule has 5 nitrogen and oxygen atoms in total. The SMILES string of the molecule is Cc1ccc(C(=O)N(C)C)cc1NC(C)c1ccnn1C. The number of nitrogens with zero attached hydrogens (tertiary/aromatic N) is 3. The summed E-state index contributed by atoms with van der Waals surface area (Å²) in [5.74, 6) is 0.00577. The van der Waals surface area contributed by atoms with E-state index in [1.807, 2.05) is 42.9 Å². The van der Waals surface area contributed by atoms with Crippen LogP contribution < -0.4 is 5.32 Å². The Bertz CT molecular complexity index is 645. The minimum absolute atomic E-state index is 0.00577. The second-order valence-electron chi connectivity index (χ2n) is 5.47. The minimum Gasteiger partial charge on any atom is -0.377 e. The van der Waals surface area contributed by atoms with Crippen LogP contribution in [0.1, 0.15) is 34.6 Å². The van der Waals surface area contributed by atoms with Crippen molar-refractivity contribution >= 4 is 11.6 Å². The predicted octanol–water partition coefficient (Wildman–Crippen LogP) is 2.60. The van der Waals surface area contributed by atoms with Crippen LogP contribution in [0.5, 0.6) is 0 Å². The van der Waals surface area contributed by atoms with Crippen molar-refractivity contribution in [3.63, 3.8) is 0 Å². The summed E-state index contributed by atoms with van der Waals surface area (Å²) in [4.78, 5) is 13.6. The first-order chi connectivity index (χ1) is 9.90. The summed E-state index contributed by atoms with van der Waals surface area (Å²) in [6, 6.07) is 7.83. The van der Waals surface area contributed by atoms with Gasteiger partial charge in [-0.3, -0.25) is 9.48 Å². The minimum atomic E-state index is 0.00577. The van der Waals surface area contributed by atoms with Crippen LogP contribution in [0.4, 0.5) is 5.69 Å². The van der Waals surface area contributed by atoms with E-state index < -0.39 is 0 Å². The Balaban J connectivity index is 2.25. The van der Waals surface area contributed by atoms with Gasteiger partial charge in [-0.2, -0.15) is 5.10 Å². The van der Waals surface area contributed by atoms with E-state index in [2.05, 4.69) is 17.3 Å². The number of amides is 1. The molecule has 1 amide bonds. The van der Waals surface area contributed by atoms with Crippen molar-refractivity contribution in [2.24, 2.45) is 7.05 Å². The van der Waals surface area contributed by atoms with E-state index >= 15 is 0 Å². The van der Waals surface area contributed by atoms with Crippen LogP contribution >= 0.6 is 0 Å². The van der Waals surface area contributed by atoms with Gasteiger partial charge in [-0.1, -0.05) is 6.07 Å². The van der Waals surface area contributed by atoms with Gasteiger partial charge in [0.1, 0.15) is 0 Å². The van der Waals surface area contributed by atoms with Crippen LogP contribution in [0.15, 0.2) is 30.5 Å². The molecular weight excluding hydrogens is 264 g/mol. The summed E-state index contributed by atoms with van der Waals surface area (Å²) in [5, 5.41) is 7.64. The lowest BCUT2D eigenvalue weighted by molar-refractivity contribution is 0.0827. The molecular formula is C16H22N4O. The van der Waals surface area contributed by atoms with Crippen molar-refractivity contribution in [3.8, 4) is 0 Å². The number of hydrogen-bond acceptors (Lipinski definition) is 3. The number of aromatic nitrogens is 2. The Morgan fingerprint density at radius 3 is 2.62 bits per heavy atom. The second-order valence-corrected chi connectivity index (χ2v) is 5.47. The number of carbonyl (C=O) groups excluding carboxylic acids is 1. The third-order valence-electron chi connectivity index (χ3n) is 3.57. The van der Waals surface area contributed by atoms with Gasteiger partial charge in [-0.15, -0.1) is 0 Å². The molecule has 0 aliphatic rings. The Morgan fingerprint density at radius 1 is 1.33 bits per heavy atom. The quantitative estimate of drug-likeness (QED) is 0.940. The summed E-state index contributed by atoms with van der Waals surface area (Å²) >= 11 is 0. The van der Waals surface area contributed by atoms with Gasteiger partial charge in [0.15, 0.2) is 0 Å². The molecule has 5 heteroatoms. The molecule has 2 aromatic rings. The van der Waals surface area contributed by atoms with E-state index in [0.29, 0.717) is 5.56 Å². The van der Waals surface area contributed by atoms with Crippen molar-refractivity contribution in [1.29, 1.82) is 0 Å². The van der Waals surface area contributed by atoms with Crippen LogP contribution in [0, 0.1) is 6.92 Å². The number of nitrogens with one attached hydrogen (secondary N) is 1. The van der Waals surface area contributed by atoms with E-state index in [1.54, 1.807) is 25.2 Å². The highest BCUT2D eigenvalue weighted by Gasteiger charge is 2.13. The summed E-state index contributed by atoms with van der Waals surface area (Å²) in [6.07, 6.45) is 1.78. The standard InChI is InChI=1S/C16H22N4O/c1-11-6-7-13(16(21)19(3)4)10-14(11)18-12(2)15-8-9-17-20(15)5/h6-10,12,18H,1-5H3. The van der Waals surface area contributed by atoms with Crippen molar-refractivity contribution in [2.75, 3.05) is 19.4 Å². The fraction of sp³-hybridized carbons (Fsp3) is 0.375. The van der Waals surface area contributed by atoms with Crippen molar-refractivity contribution in [3.05, 3.63) is 47.3 Å². The molecule has 1 unspecified atom stereocenters. The zero-order valence-corrected chi connectivity index (χ0v) is 13.2. The highest BCUT2D eigenvalue weighted by molar-refractivity contribution is 5.95. The van der Waals surface area contributed by atoms with Crippen LogP contribution in [-0.2, 0) is 7.05 Å². The third kappa shape index (κ3) is 3.24. The first kappa shape index (κ1) is 15.1. The van der Waals surface area contributed by atoms with Crippen molar-refractivity contribution in [1.82, 2.24) is 14.7 Å². The normalized spacial score (nSPS) is 12.0. The fourth-order valence-electron chi connectivity index (χ4n) is 2.28. The highest BCUT2D eigenvalue weighted by atomic mass is 16.2. The lowest BCUT2D eigenvalue weighted by Crippen LogP contribution is -2.22. The van der Waals surface area contributed by atoms with Gasteiger partial charge in [0, 0.05) is 38.6 Å². The molecule has 0 saturated heterocycles. The first-order valence-corrected chi connectivity index (χ1v) is 6.97. The van der Waals surface area contributed by atoms with Crippen LogP contribution in [-0.4, -0.2) is 34.7 Å². The zero-order valence-electron chi connectivity index (χ0n) is 13.2. The largest absolute Gasteiger partial charge is 0.377 e. The van der Waals surface area contributed by atoms with E-state index in [4.69, 9.17) is 0 Å². The molecule has 1 N–H and O–H groups in total. The molecule has 0 fully saturated rings. The number of aryl methyl sites for hydroxylation is 2. The summed E-state index contributed by atoms with van der Waals surface area (Å²) < 4.78 is 1.85. The molecule has 1 heterocycles. The monoisotopic (exact) mass is 286 g/mol. The summed E-state index contributed by atoms with van der Waals surface area (Å²) in [5.41, 5.74) is 3.86. The molecule has 112 valence electrons. The Hall–Kier alpha value is -2.30. The maximum atomic E-state index is 12.1. The topological polar surface area (TPSA) is 50.2 Å². The number of anilines is 1. The Labute approximate surface area is 125 Å². The first-order valence-electron chi connectivity index (χ1n) is 6.97.